The molecule has 0 spiro atoms. The van der Waals surface area contributed by atoms with Gasteiger partial charge < -0.3 is 0 Å². The molecule has 0 saturated carbocycles. The molecule has 0 heterocycles. The zero-order valence-corrected chi connectivity index (χ0v) is 15.2. The molecule has 0 saturated heterocycles. The first-order valence-corrected chi connectivity index (χ1v) is 10.4. The van der Waals surface area contributed by atoms with Crippen molar-refractivity contribution in [3.8, 4) is 0 Å². The Balaban J connectivity index is 2.09. The van der Waals surface area contributed by atoms with Crippen molar-refractivity contribution >= 4 is 24.0 Å². The fourth-order valence-corrected chi connectivity index (χ4v) is 6.11. The minimum absolute atomic E-state index is 0.603. The quantitative estimate of drug-likeness (QED) is 0.378. The zero-order valence-electron chi connectivity index (χ0n) is 14.2. The number of halogens is 1. The fourth-order valence-electron chi connectivity index (χ4n) is 3.18. The van der Waals surface area contributed by atoms with E-state index in [9.17, 15) is 0 Å². The van der Waals surface area contributed by atoms with E-state index in [4.69, 9.17) is 0 Å². The van der Waals surface area contributed by atoms with E-state index in [1.165, 1.54) is 5.56 Å². The summed E-state index contributed by atoms with van der Waals surface area (Å²) in [7, 11) is -3.44. The average molecular weight is 335 g/mol. The first-order chi connectivity index (χ1) is 11.6. The van der Waals surface area contributed by atoms with Gasteiger partial charge >= 0.3 is 8.41 Å². The lowest BCUT2D eigenvalue weighted by Crippen LogP contribution is -2.63. The smallest absolute Gasteiger partial charge is 0.296 e. The van der Waals surface area contributed by atoms with E-state index in [1.807, 2.05) is 72.8 Å². The second-order valence-electron chi connectivity index (χ2n) is 6.69. The predicted molar refractivity (Wildman–Crippen MR) is 104 cm³/mol. The molecule has 0 bridgehead atoms. The molecule has 0 unspecified atom stereocenters. The molecule has 24 heavy (non-hydrogen) atoms. The van der Waals surface area contributed by atoms with Crippen LogP contribution in [0.15, 0.2) is 84.9 Å². The van der Waals surface area contributed by atoms with E-state index in [2.05, 4.69) is 26.0 Å². The monoisotopic (exact) mass is 334 g/mol. The summed E-state index contributed by atoms with van der Waals surface area (Å²) in [5.74, 6) is 0.603. The standard InChI is InChI=1S/C22H23FSi/c1-18(2)17-19-13-15-22(16-14-19)24(23,20-9-5-3-6-10-20)21-11-7-4-8-12-21/h3-16,18H,17H2,1-2H3. The molecule has 0 nitrogen and oxygen atoms in total. The van der Waals surface area contributed by atoms with Crippen LogP contribution in [0, 0.1) is 5.92 Å². The van der Waals surface area contributed by atoms with Crippen molar-refractivity contribution in [2.24, 2.45) is 5.92 Å². The highest BCUT2D eigenvalue weighted by atomic mass is 28.4. The van der Waals surface area contributed by atoms with Gasteiger partial charge in [0, 0.05) is 0 Å². The van der Waals surface area contributed by atoms with E-state index in [0.29, 0.717) is 5.92 Å². The number of rotatable bonds is 5. The molecular formula is C22H23FSi. The van der Waals surface area contributed by atoms with E-state index >= 15 is 4.11 Å². The van der Waals surface area contributed by atoms with E-state index in [0.717, 1.165) is 22.0 Å². The molecule has 0 aliphatic rings. The lowest BCUT2D eigenvalue weighted by Gasteiger charge is -2.24. The highest BCUT2D eigenvalue weighted by Crippen LogP contribution is 2.12. The van der Waals surface area contributed by atoms with E-state index < -0.39 is 8.41 Å². The zero-order chi connectivity index (χ0) is 17.0. The molecule has 0 atom stereocenters. The van der Waals surface area contributed by atoms with Crippen LogP contribution in [0.2, 0.25) is 0 Å². The van der Waals surface area contributed by atoms with Gasteiger partial charge in [-0.25, -0.2) is 0 Å². The summed E-state index contributed by atoms with van der Waals surface area (Å²) >= 11 is 0. The van der Waals surface area contributed by atoms with Crippen LogP contribution in [0.3, 0.4) is 0 Å². The third-order valence-electron chi connectivity index (χ3n) is 4.34. The summed E-state index contributed by atoms with van der Waals surface area (Å²) in [6.07, 6.45) is 1.03. The van der Waals surface area contributed by atoms with Gasteiger partial charge in [-0.1, -0.05) is 98.8 Å². The summed E-state index contributed by atoms with van der Waals surface area (Å²) in [6.45, 7) is 4.41. The SMILES string of the molecule is CC(C)Cc1ccc([Si](F)(c2ccccc2)c2ccccc2)cc1. The Hall–Kier alpha value is -2.19. The summed E-state index contributed by atoms with van der Waals surface area (Å²) in [6, 6.07) is 27.4. The topological polar surface area (TPSA) is 0 Å². The summed E-state index contributed by atoms with van der Waals surface area (Å²) in [4.78, 5) is 0. The molecule has 0 amide bonds. The number of hydrogen-bond acceptors (Lipinski definition) is 0. The normalized spacial score (nSPS) is 11.7. The van der Waals surface area contributed by atoms with Crippen LogP contribution in [-0.2, 0) is 6.42 Å². The van der Waals surface area contributed by atoms with Gasteiger partial charge in [-0.2, -0.15) is 0 Å². The fraction of sp³-hybridized carbons (Fsp3) is 0.182. The lowest BCUT2D eigenvalue weighted by atomic mass is 10.0. The average Bonchev–Trinajstić information content (AvgIpc) is 2.63. The Morgan fingerprint density at radius 2 is 1.08 bits per heavy atom. The highest BCUT2D eigenvalue weighted by Gasteiger charge is 2.40. The molecule has 122 valence electrons. The van der Waals surface area contributed by atoms with Crippen LogP contribution in [0.4, 0.5) is 4.11 Å². The maximum Gasteiger partial charge on any atom is 0.339 e. The van der Waals surface area contributed by atoms with Gasteiger partial charge in [0.25, 0.3) is 0 Å². The molecule has 0 fully saturated rings. The Labute approximate surface area is 145 Å². The summed E-state index contributed by atoms with van der Waals surface area (Å²) in [5.41, 5.74) is 1.27. The Morgan fingerprint density at radius 1 is 0.667 bits per heavy atom. The van der Waals surface area contributed by atoms with Crippen molar-refractivity contribution < 1.29 is 4.11 Å². The largest absolute Gasteiger partial charge is 0.339 e. The first kappa shape index (κ1) is 16.7. The van der Waals surface area contributed by atoms with Crippen LogP contribution >= 0.6 is 0 Å². The molecular weight excluding hydrogens is 311 g/mol. The molecule has 0 aliphatic heterocycles. The molecule has 0 radical (unpaired) electrons. The van der Waals surface area contributed by atoms with Gasteiger partial charge in [0.2, 0.25) is 0 Å². The summed E-state index contributed by atoms with van der Waals surface area (Å²) < 4.78 is 16.5. The molecule has 3 rings (SSSR count). The third-order valence-corrected chi connectivity index (χ3v) is 7.73. The number of hydrogen-bond donors (Lipinski definition) is 0. The van der Waals surface area contributed by atoms with E-state index in [1.54, 1.807) is 0 Å². The minimum Gasteiger partial charge on any atom is -0.296 e. The van der Waals surface area contributed by atoms with Gasteiger partial charge in [0.1, 0.15) is 0 Å². The third kappa shape index (κ3) is 3.34. The van der Waals surface area contributed by atoms with Gasteiger partial charge in [0.15, 0.2) is 0 Å². The van der Waals surface area contributed by atoms with Gasteiger partial charge in [-0.15, -0.1) is 0 Å². The van der Waals surface area contributed by atoms with E-state index in [-0.39, 0.29) is 0 Å². The Kier molecular flexibility index (Phi) is 4.96. The van der Waals surface area contributed by atoms with Gasteiger partial charge in [-0.3, -0.25) is 4.11 Å². The molecule has 2 heteroatoms. The van der Waals surface area contributed by atoms with Crippen molar-refractivity contribution in [3.63, 3.8) is 0 Å². The minimum atomic E-state index is -3.44. The van der Waals surface area contributed by atoms with Crippen LogP contribution in [0.25, 0.3) is 0 Å². The molecule has 0 N–H and O–H groups in total. The maximum atomic E-state index is 16.5. The molecule has 0 aliphatic carbocycles. The lowest BCUT2D eigenvalue weighted by molar-refractivity contribution is 0.647. The molecule has 0 aromatic heterocycles. The highest BCUT2D eigenvalue weighted by molar-refractivity contribution is 7.06. The second-order valence-corrected chi connectivity index (χ2v) is 9.73. The van der Waals surface area contributed by atoms with Crippen molar-refractivity contribution in [1.29, 1.82) is 0 Å². The van der Waals surface area contributed by atoms with Crippen LogP contribution in [0.1, 0.15) is 19.4 Å². The van der Waals surface area contributed by atoms with Gasteiger partial charge in [-0.05, 0) is 33.5 Å². The Bertz CT molecular complexity index is 725. The summed E-state index contributed by atoms with van der Waals surface area (Å²) in [5, 5.41) is 2.41. The Morgan fingerprint density at radius 3 is 1.50 bits per heavy atom. The van der Waals surface area contributed by atoms with Crippen LogP contribution in [0.5, 0.6) is 0 Å². The molecule has 3 aromatic carbocycles. The molecule has 3 aromatic rings. The predicted octanol–water partition coefficient (Wildman–Crippen LogP) is 3.82. The second kappa shape index (κ2) is 7.14. The maximum absolute atomic E-state index is 16.5. The van der Waals surface area contributed by atoms with Crippen molar-refractivity contribution in [3.05, 3.63) is 90.5 Å². The number of benzene rings is 3. The first-order valence-electron chi connectivity index (χ1n) is 8.50. The van der Waals surface area contributed by atoms with Crippen molar-refractivity contribution in [2.75, 3.05) is 0 Å². The van der Waals surface area contributed by atoms with Gasteiger partial charge in [0.05, 0.1) is 0 Å². The van der Waals surface area contributed by atoms with Crippen molar-refractivity contribution in [1.82, 2.24) is 0 Å². The van der Waals surface area contributed by atoms with Crippen LogP contribution < -0.4 is 15.6 Å². The van der Waals surface area contributed by atoms with Crippen LogP contribution in [-0.4, -0.2) is 8.41 Å². The van der Waals surface area contributed by atoms with Crippen molar-refractivity contribution in [2.45, 2.75) is 20.3 Å².